The van der Waals surface area contributed by atoms with Crippen molar-refractivity contribution >= 4 is 29.0 Å². The van der Waals surface area contributed by atoms with E-state index in [4.69, 9.17) is 0 Å². The van der Waals surface area contributed by atoms with Crippen LogP contribution in [-0.4, -0.2) is 47.0 Å². The SMILES string of the molecule is C[NH2+]c1ccccc1N(C)C/C=N/N(C)c1ccc(N2CCCC2)cc1. The Morgan fingerprint density at radius 2 is 1.73 bits per heavy atom. The minimum atomic E-state index is 0.765. The van der Waals surface area contributed by atoms with Gasteiger partial charge in [-0.15, -0.1) is 0 Å². The maximum absolute atomic E-state index is 4.59. The molecule has 1 aliphatic heterocycles. The molecule has 0 bridgehead atoms. The molecule has 2 N–H and O–H groups in total. The first-order chi connectivity index (χ1) is 12.7. The second kappa shape index (κ2) is 8.72. The fourth-order valence-electron chi connectivity index (χ4n) is 3.38. The Morgan fingerprint density at radius 1 is 1.04 bits per heavy atom. The molecule has 5 nitrogen and oxygen atoms in total. The molecule has 1 saturated heterocycles. The van der Waals surface area contributed by atoms with E-state index in [1.54, 1.807) is 0 Å². The molecule has 0 spiro atoms. The lowest BCUT2D eigenvalue weighted by Crippen LogP contribution is -2.73. The fourth-order valence-corrected chi connectivity index (χ4v) is 3.38. The van der Waals surface area contributed by atoms with Crippen LogP contribution in [0.1, 0.15) is 12.8 Å². The zero-order valence-electron chi connectivity index (χ0n) is 16.1. The van der Waals surface area contributed by atoms with E-state index in [1.165, 1.54) is 43.0 Å². The van der Waals surface area contributed by atoms with Gasteiger partial charge in [-0.25, -0.2) is 0 Å². The Kier molecular flexibility index (Phi) is 6.12. The summed E-state index contributed by atoms with van der Waals surface area (Å²) in [6.07, 6.45) is 4.57. The number of nitrogens with zero attached hydrogens (tertiary/aromatic N) is 4. The van der Waals surface area contributed by atoms with Crippen molar-refractivity contribution in [2.24, 2.45) is 5.10 Å². The third-order valence-corrected chi connectivity index (χ3v) is 4.96. The number of anilines is 3. The van der Waals surface area contributed by atoms with Gasteiger partial charge in [-0.2, -0.15) is 5.10 Å². The Hall–Kier alpha value is -2.53. The number of rotatable bonds is 7. The molecule has 0 unspecified atom stereocenters. The molecule has 0 atom stereocenters. The average molecular weight is 353 g/mol. The molecule has 1 aliphatic rings. The molecule has 2 aromatic carbocycles. The Bertz CT molecular complexity index is 719. The Morgan fingerprint density at radius 3 is 2.42 bits per heavy atom. The first-order valence-electron chi connectivity index (χ1n) is 9.40. The third-order valence-electron chi connectivity index (χ3n) is 4.96. The van der Waals surface area contributed by atoms with E-state index < -0.39 is 0 Å². The van der Waals surface area contributed by atoms with Gasteiger partial charge in [0.1, 0.15) is 0 Å². The first-order valence-corrected chi connectivity index (χ1v) is 9.40. The summed E-state index contributed by atoms with van der Waals surface area (Å²) >= 11 is 0. The van der Waals surface area contributed by atoms with Gasteiger partial charge in [-0.05, 0) is 43.2 Å². The molecule has 2 aromatic rings. The van der Waals surface area contributed by atoms with Crippen LogP contribution in [0.3, 0.4) is 0 Å². The zero-order valence-corrected chi connectivity index (χ0v) is 16.1. The monoisotopic (exact) mass is 352 g/mol. The van der Waals surface area contributed by atoms with Crippen molar-refractivity contribution in [1.82, 2.24) is 0 Å². The molecule has 0 aliphatic carbocycles. The van der Waals surface area contributed by atoms with E-state index in [0.29, 0.717) is 0 Å². The lowest BCUT2D eigenvalue weighted by Gasteiger charge is -2.20. The van der Waals surface area contributed by atoms with Crippen LogP contribution in [0, 0.1) is 0 Å². The van der Waals surface area contributed by atoms with Crippen LogP contribution in [0.2, 0.25) is 0 Å². The van der Waals surface area contributed by atoms with Crippen LogP contribution in [0.15, 0.2) is 53.6 Å². The number of hydrazone groups is 1. The minimum absolute atomic E-state index is 0.765. The molecule has 138 valence electrons. The van der Waals surface area contributed by atoms with Gasteiger partial charge in [0.15, 0.2) is 5.69 Å². The highest BCUT2D eigenvalue weighted by Gasteiger charge is 2.12. The smallest absolute Gasteiger partial charge is 0.152 e. The van der Waals surface area contributed by atoms with Crippen molar-refractivity contribution in [3.8, 4) is 0 Å². The molecule has 0 radical (unpaired) electrons. The molecule has 1 heterocycles. The highest BCUT2D eigenvalue weighted by atomic mass is 15.4. The summed E-state index contributed by atoms with van der Waals surface area (Å²) in [5.74, 6) is 0. The van der Waals surface area contributed by atoms with Crippen LogP contribution in [0.5, 0.6) is 0 Å². The zero-order chi connectivity index (χ0) is 18.4. The molecule has 3 rings (SSSR count). The third kappa shape index (κ3) is 4.35. The van der Waals surface area contributed by atoms with E-state index in [-0.39, 0.29) is 0 Å². The number of hydrogen-bond acceptors (Lipinski definition) is 4. The maximum Gasteiger partial charge on any atom is 0.152 e. The summed E-state index contributed by atoms with van der Waals surface area (Å²) < 4.78 is 0. The van der Waals surface area contributed by atoms with Crippen LogP contribution < -0.4 is 20.1 Å². The fraction of sp³-hybridized carbons (Fsp3) is 0.381. The minimum Gasteiger partial charge on any atom is -0.372 e. The van der Waals surface area contributed by atoms with Crippen LogP contribution in [0.25, 0.3) is 0 Å². The molecule has 1 fully saturated rings. The van der Waals surface area contributed by atoms with Crippen LogP contribution in [-0.2, 0) is 0 Å². The van der Waals surface area contributed by atoms with Crippen molar-refractivity contribution in [1.29, 1.82) is 0 Å². The summed E-state index contributed by atoms with van der Waals surface area (Å²) in [7, 11) is 6.16. The summed E-state index contributed by atoms with van der Waals surface area (Å²) in [5, 5.41) is 8.65. The van der Waals surface area contributed by atoms with E-state index >= 15 is 0 Å². The predicted octanol–water partition coefficient (Wildman–Crippen LogP) is 2.67. The van der Waals surface area contributed by atoms with Gasteiger partial charge < -0.3 is 15.1 Å². The number of nitrogens with two attached hydrogens (primary N) is 1. The molecule has 5 heteroatoms. The van der Waals surface area contributed by atoms with Gasteiger partial charge in [0.2, 0.25) is 0 Å². The van der Waals surface area contributed by atoms with Crippen LogP contribution >= 0.6 is 0 Å². The van der Waals surface area contributed by atoms with Crippen molar-refractivity contribution in [2.75, 3.05) is 55.6 Å². The lowest BCUT2D eigenvalue weighted by atomic mass is 10.2. The van der Waals surface area contributed by atoms with Gasteiger partial charge >= 0.3 is 0 Å². The lowest BCUT2D eigenvalue weighted by molar-refractivity contribution is -0.538. The summed E-state index contributed by atoms with van der Waals surface area (Å²) in [5.41, 5.74) is 4.89. The number of hydrogen-bond donors (Lipinski definition) is 1. The topological polar surface area (TPSA) is 38.7 Å². The number of benzene rings is 2. The van der Waals surface area contributed by atoms with E-state index in [9.17, 15) is 0 Å². The summed E-state index contributed by atoms with van der Waals surface area (Å²) in [6, 6.07) is 17.1. The van der Waals surface area contributed by atoms with Gasteiger partial charge in [0.25, 0.3) is 0 Å². The highest BCUT2D eigenvalue weighted by molar-refractivity contribution is 5.71. The second-order valence-electron chi connectivity index (χ2n) is 6.76. The van der Waals surface area contributed by atoms with Gasteiger partial charge in [0, 0.05) is 45.2 Å². The number of quaternary nitrogens is 1. The standard InChI is InChI=1S/C21H29N5/c1-22-20-8-4-5-9-21(20)24(2)17-14-23-25(3)18-10-12-19(13-11-18)26-15-6-7-16-26/h4-5,8-14,22H,6-7,15-17H2,1-3H3/p+1/b23-14+. The predicted molar refractivity (Wildman–Crippen MR) is 112 cm³/mol. The van der Waals surface area contributed by atoms with Crippen molar-refractivity contribution < 1.29 is 5.32 Å². The van der Waals surface area contributed by atoms with E-state index in [1.807, 2.05) is 18.3 Å². The largest absolute Gasteiger partial charge is 0.372 e. The van der Waals surface area contributed by atoms with Crippen molar-refractivity contribution in [3.05, 3.63) is 48.5 Å². The normalized spacial score (nSPS) is 14.2. The first kappa shape index (κ1) is 18.3. The summed E-state index contributed by atoms with van der Waals surface area (Å²) in [4.78, 5) is 4.66. The molecular formula is C21H30N5+. The van der Waals surface area contributed by atoms with Crippen molar-refractivity contribution in [3.63, 3.8) is 0 Å². The van der Waals surface area contributed by atoms with Crippen LogP contribution in [0.4, 0.5) is 22.7 Å². The van der Waals surface area contributed by atoms with E-state index in [2.05, 4.69) is 82.8 Å². The average Bonchev–Trinajstić information content (AvgIpc) is 3.22. The van der Waals surface area contributed by atoms with Crippen molar-refractivity contribution in [2.45, 2.75) is 12.8 Å². The molecule has 0 saturated carbocycles. The molecule has 26 heavy (non-hydrogen) atoms. The highest BCUT2D eigenvalue weighted by Crippen LogP contribution is 2.23. The Labute approximate surface area is 156 Å². The second-order valence-corrected chi connectivity index (χ2v) is 6.76. The number of para-hydroxylation sites is 2. The molecular weight excluding hydrogens is 322 g/mol. The summed E-state index contributed by atoms with van der Waals surface area (Å²) in [6.45, 7) is 3.12. The van der Waals surface area contributed by atoms with Gasteiger partial charge in [0.05, 0.1) is 25.0 Å². The van der Waals surface area contributed by atoms with E-state index in [0.717, 1.165) is 12.2 Å². The maximum atomic E-state index is 4.59. The Balaban J connectivity index is 1.57. The molecule has 0 aromatic heterocycles. The van der Waals surface area contributed by atoms with Gasteiger partial charge in [-0.3, -0.25) is 5.01 Å². The van der Waals surface area contributed by atoms with Gasteiger partial charge in [-0.1, -0.05) is 12.1 Å². The molecule has 0 amide bonds. The quantitative estimate of drug-likeness (QED) is 0.473.